The molecule has 0 fully saturated rings. The Morgan fingerprint density at radius 3 is 2.41 bits per heavy atom. The molecule has 0 radical (unpaired) electrons. The Balaban J connectivity index is 3.29. The van der Waals surface area contributed by atoms with Gasteiger partial charge >= 0.3 is 0 Å². The Kier molecular flexibility index (Phi) is 3.99. The number of benzene rings is 1. The van der Waals surface area contributed by atoms with Gasteiger partial charge in [0.05, 0.1) is 0 Å². The maximum atomic E-state index is 12.2. The summed E-state index contributed by atoms with van der Waals surface area (Å²) >= 11 is 6.00. The molecule has 94 valence electrons. The first kappa shape index (κ1) is 14.2. The van der Waals surface area contributed by atoms with Crippen LogP contribution in [0.25, 0.3) is 0 Å². The molecule has 0 heterocycles. The zero-order valence-corrected chi connectivity index (χ0v) is 11.6. The van der Waals surface area contributed by atoms with Crippen LogP contribution >= 0.6 is 11.6 Å². The van der Waals surface area contributed by atoms with Crippen LogP contribution in [0.1, 0.15) is 29.3 Å². The molecule has 1 aromatic rings. The van der Waals surface area contributed by atoms with Crippen molar-refractivity contribution in [2.45, 2.75) is 24.5 Å². The fourth-order valence-corrected chi connectivity index (χ4v) is 2.68. The number of Topliss-reactive ketones (excluding diaryl/α,β-unsaturated/α-hetero) is 1. The molecule has 5 heteroatoms. The van der Waals surface area contributed by atoms with Crippen LogP contribution in [0.15, 0.2) is 24.3 Å². The molecule has 0 unspecified atom stereocenters. The normalized spacial score (nSPS) is 15.3. The highest BCUT2D eigenvalue weighted by Crippen LogP contribution is 2.30. The fraction of sp³-hybridized carbons (Fsp3) is 0.417. The van der Waals surface area contributed by atoms with Crippen LogP contribution in [-0.2, 0) is 9.84 Å². The van der Waals surface area contributed by atoms with Gasteiger partial charge in [0.25, 0.3) is 0 Å². The van der Waals surface area contributed by atoms with E-state index in [1.165, 1.54) is 0 Å². The van der Waals surface area contributed by atoms with Crippen LogP contribution < -0.4 is 0 Å². The number of sulfone groups is 1. The molecular weight excluding hydrogens is 260 g/mol. The maximum Gasteiger partial charge on any atom is 0.207 e. The van der Waals surface area contributed by atoms with Gasteiger partial charge in [-0.2, -0.15) is 0 Å². The van der Waals surface area contributed by atoms with Gasteiger partial charge in [0.15, 0.2) is 15.6 Å². The van der Waals surface area contributed by atoms with E-state index in [0.29, 0.717) is 5.56 Å². The Morgan fingerprint density at radius 2 is 2.00 bits per heavy atom. The lowest BCUT2D eigenvalue weighted by atomic mass is 10.0. The summed E-state index contributed by atoms with van der Waals surface area (Å²) in [6.07, 6.45) is 1.03. The van der Waals surface area contributed by atoms with Crippen molar-refractivity contribution < 1.29 is 13.2 Å². The van der Waals surface area contributed by atoms with Gasteiger partial charge in [-0.15, -0.1) is 0 Å². The molecule has 17 heavy (non-hydrogen) atoms. The minimum absolute atomic E-state index is 0.0418. The number of aryl methyl sites for hydroxylation is 1. The van der Waals surface area contributed by atoms with E-state index < -0.39 is 19.8 Å². The molecule has 0 spiro atoms. The molecule has 0 bridgehead atoms. The molecule has 1 aromatic carbocycles. The smallest absolute Gasteiger partial charge is 0.207 e. The van der Waals surface area contributed by atoms with Gasteiger partial charge in [-0.3, -0.25) is 4.79 Å². The quantitative estimate of drug-likeness (QED) is 0.626. The monoisotopic (exact) mass is 274 g/mol. The average Bonchev–Trinajstić information content (AvgIpc) is 2.25. The van der Waals surface area contributed by atoms with E-state index >= 15 is 0 Å². The van der Waals surface area contributed by atoms with E-state index in [4.69, 9.17) is 11.6 Å². The van der Waals surface area contributed by atoms with E-state index in [9.17, 15) is 13.2 Å². The molecule has 0 saturated heterocycles. The van der Waals surface area contributed by atoms with Crippen molar-refractivity contribution in [1.29, 1.82) is 0 Å². The zero-order chi connectivity index (χ0) is 13.3. The number of ketones is 1. The number of hydrogen-bond donors (Lipinski definition) is 0. The highest BCUT2D eigenvalue weighted by atomic mass is 35.5. The molecule has 0 aromatic heterocycles. The SMILES string of the molecule is CC[C@@](Cl)(C(=O)c1cccc(C)c1)S(C)(=O)=O. The molecule has 3 nitrogen and oxygen atoms in total. The van der Waals surface area contributed by atoms with Crippen molar-refractivity contribution in [2.75, 3.05) is 6.26 Å². The minimum atomic E-state index is -3.66. The number of halogens is 1. The topological polar surface area (TPSA) is 51.2 Å². The summed E-state index contributed by atoms with van der Waals surface area (Å²) in [5, 5.41) is 0. The van der Waals surface area contributed by atoms with Gasteiger partial charge in [-0.1, -0.05) is 42.3 Å². The predicted octanol–water partition coefficient (Wildman–Crippen LogP) is 2.57. The van der Waals surface area contributed by atoms with Crippen LogP contribution in [-0.4, -0.2) is 24.7 Å². The third kappa shape index (κ3) is 2.69. The number of rotatable bonds is 4. The first-order valence-electron chi connectivity index (χ1n) is 5.22. The summed E-state index contributed by atoms with van der Waals surface area (Å²) < 4.78 is 21.4. The molecule has 0 aliphatic carbocycles. The second-order valence-corrected chi connectivity index (χ2v) is 7.16. The minimum Gasteiger partial charge on any atom is -0.291 e. The lowest BCUT2D eigenvalue weighted by Crippen LogP contribution is -2.40. The second-order valence-electron chi connectivity index (χ2n) is 4.05. The van der Waals surface area contributed by atoms with E-state index in [2.05, 4.69) is 0 Å². The highest BCUT2D eigenvalue weighted by molar-refractivity contribution is 7.94. The number of carbonyl (C=O) groups excluding carboxylic acids is 1. The maximum absolute atomic E-state index is 12.2. The first-order chi connectivity index (χ1) is 7.72. The van der Waals surface area contributed by atoms with Crippen molar-refractivity contribution in [3.63, 3.8) is 0 Å². The highest BCUT2D eigenvalue weighted by Gasteiger charge is 2.44. The summed E-state index contributed by atoms with van der Waals surface area (Å²) in [6.45, 7) is 3.42. The van der Waals surface area contributed by atoms with E-state index in [1.54, 1.807) is 25.1 Å². The fourth-order valence-electron chi connectivity index (χ4n) is 1.59. The summed E-state index contributed by atoms with van der Waals surface area (Å²) in [5.41, 5.74) is 1.21. The molecule has 0 amide bonds. The number of alkyl halides is 1. The Hall–Kier alpha value is -0.870. The van der Waals surface area contributed by atoms with Crippen LogP contribution in [0.4, 0.5) is 0 Å². The Bertz CT molecular complexity index is 536. The van der Waals surface area contributed by atoms with Crippen molar-refractivity contribution in [1.82, 2.24) is 0 Å². The molecule has 1 atom stereocenters. The van der Waals surface area contributed by atoms with E-state index in [-0.39, 0.29) is 6.42 Å². The summed E-state index contributed by atoms with van der Waals surface area (Å²) in [6, 6.07) is 6.75. The standard InChI is InChI=1S/C12H15ClO3S/c1-4-12(13,17(3,15)16)11(14)10-7-5-6-9(2)8-10/h5-8H,4H2,1-3H3/t12-/m0/s1. The Morgan fingerprint density at radius 1 is 1.41 bits per heavy atom. The summed E-state index contributed by atoms with van der Waals surface area (Å²) in [5.74, 6) is -0.562. The van der Waals surface area contributed by atoms with Crippen LogP contribution in [0.3, 0.4) is 0 Å². The predicted molar refractivity (Wildman–Crippen MR) is 69.2 cm³/mol. The van der Waals surface area contributed by atoms with Crippen molar-refractivity contribution in [2.24, 2.45) is 0 Å². The van der Waals surface area contributed by atoms with Crippen molar-refractivity contribution >= 4 is 27.2 Å². The van der Waals surface area contributed by atoms with Crippen LogP contribution in [0.2, 0.25) is 0 Å². The molecule has 1 rings (SSSR count). The van der Waals surface area contributed by atoms with Crippen LogP contribution in [0.5, 0.6) is 0 Å². The molecule has 0 N–H and O–H groups in total. The molecular formula is C12H15ClO3S. The van der Waals surface area contributed by atoms with Gasteiger partial charge in [0.2, 0.25) is 4.21 Å². The molecule has 0 aliphatic rings. The number of hydrogen-bond acceptors (Lipinski definition) is 3. The van der Waals surface area contributed by atoms with Crippen LogP contribution in [0, 0.1) is 6.92 Å². The van der Waals surface area contributed by atoms with E-state index in [0.717, 1.165) is 11.8 Å². The van der Waals surface area contributed by atoms with Crippen molar-refractivity contribution in [3.8, 4) is 0 Å². The molecule has 0 aliphatic heterocycles. The molecule has 0 saturated carbocycles. The lowest BCUT2D eigenvalue weighted by Gasteiger charge is -2.22. The first-order valence-corrected chi connectivity index (χ1v) is 7.49. The largest absolute Gasteiger partial charge is 0.291 e. The lowest BCUT2D eigenvalue weighted by molar-refractivity contribution is 0.0970. The van der Waals surface area contributed by atoms with Gasteiger partial charge in [-0.05, 0) is 19.4 Å². The average molecular weight is 275 g/mol. The summed E-state index contributed by atoms with van der Waals surface area (Å²) in [7, 11) is -3.66. The third-order valence-corrected chi connectivity index (χ3v) is 5.59. The number of carbonyl (C=O) groups is 1. The summed E-state index contributed by atoms with van der Waals surface area (Å²) in [4.78, 5) is 12.2. The van der Waals surface area contributed by atoms with Gasteiger partial charge in [0, 0.05) is 11.8 Å². The zero-order valence-electron chi connectivity index (χ0n) is 10.0. The van der Waals surface area contributed by atoms with E-state index in [1.807, 2.05) is 13.0 Å². The third-order valence-electron chi connectivity index (χ3n) is 2.66. The van der Waals surface area contributed by atoms with Gasteiger partial charge in [-0.25, -0.2) is 8.42 Å². The van der Waals surface area contributed by atoms with Crippen molar-refractivity contribution in [3.05, 3.63) is 35.4 Å². The van der Waals surface area contributed by atoms with Gasteiger partial charge in [0.1, 0.15) is 0 Å². The Labute approximate surface area is 107 Å². The van der Waals surface area contributed by atoms with Gasteiger partial charge < -0.3 is 0 Å². The second kappa shape index (κ2) is 4.78.